The summed E-state index contributed by atoms with van der Waals surface area (Å²) in [6.07, 6.45) is 9.85. The first-order chi connectivity index (χ1) is 11.8. The summed E-state index contributed by atoms with van der Waals surface area (Å²) in [4.78, 5) is 13.1. The lowest BCUT2D eigenvalue weighted by atomic mass is 10.2. The Labute approximate surface area is 164 Å². The number of nitrogens with zero attached hydrogens (tertiary/aromatic N) is 5. The molecule has 0 spiro atoms. The Bertz CT molecular complexity index is 731. The SMILES string of the molecule is CCNC(=NCCNc1ncnc2c1cnn2C)NC1CC=CC1.I. The summed E-state index contributed by atoms with van der Waals surface area (Å²) < 4.78 is 1.74. The van der Waals surface area contributed by atoms with Crippen molar-refractivity contribution in [3.05, 3.63) is 24.7 Å². The topological polar surface area (TPSA) is 92.1 Å². The van der Waals surface area contributed by atoms with Crippen LogP contribution in [0.5, 0.6) is 0 Å². The number of nitrogens with one attached hydrogen (secondary N) is 3. The van der Waals surface area contributed by atoms with Crippen molar-refractivity contribution in [1.82, 2.24) is 30.4 Å². The molecule has 136 valence electrons. The Hall–Kier alpha value is -1.91. The molecule has 0 saturated carbocycles. The standard InChI is InChI=1S/C16H24N8.HI/c1-3-17-16(23-12-6-4-5-7-12)19-9-8-18-14-13-10-22-24(2)15(13)21-11-20-14;/h4-5,10-12H,3,6-9H2,1-2H3,(H2,17,19,23)(H,18,20,21);1H. The van der Waals surface area contributed by atoms with Gasteiger partial charge in [-0.3, -0.25) is 9.67 Å². The Balaban J connectivity index is 0.00000225. The van der Waals surface area contributed by atoms with Gasteiger partial charge in [0.15, 0.2) is 11.6 Å². The molecule has 0 bridgehead atoms. The Morgan fingerprint density at radius 2 is 2.12 bits per heavy atom. The van der Waals surface area contributed by atoms with Gasteiger partial charge in [-0.25, -0.2) is 9.97 Å². The van der Waals surface area contributed by atoms with Crippen LogP contribution in [0.2, 0.25) is 0 Å². The minimum atomic E-state index is 0. The van der Waals surface area contributed by atoms with Gasteiger partial charge in [-0.05, 0) is 19.8 Å². The number of guanidine groups is 1. The molecule has 25 heavy (non-hydrogen) atoms. The summed E-state index contributed by atoms with van der Waals surface area (Å²) in [5.74, 6) is 1.66. The van der Waals surface area contributed by atoms with Crippen LogP contribution in [0, 0.1) is 0 Å². The highest BCUT2D eigenvalue weighted by Gasteiger charge is 2.11. The highest BCUT2D eigenvalue weighted by atomic mass is 127. The minimum absolute atomic E-state index is 0. The first-order valence-corrected chi connectivity index (χ1v) is 8.34. The zero-order valence-electron chi connectivity index (χ0n) is 14.6. The zero-order chi connectivity index (χ0) is 16.8. The molecular weight excluding hydrogens is 431 g/mol. The van der Waals surface area contributed by atoms with Crippen molar-refractivity contribution < 1.29 is 0 Å². The first-order valence-electron chi connectivity index (χ1n) is 8.34. The minimum Gasteiger partial charge on any atom is -0.367 e. The third kappa shape index (κ3) is 5.03. The molecule has 2 aromatic rings. The number of anilines is 1. The lowest BCUT2D eigenvalue weighted by molar-refractivity contribution is 0.634. The fourth-order valence-corrected chi connectivity index (χ4v) is 2.69. The molecule has 9 heteroatoms. The summed E-state index contributed by atoms with van der Waals surface area (Å²) >= 11 is 0. The monoisotopic (exact) mass is 456 g/mol. The normalized spacial score (nSPS) is 14.6. The summed E-state index contributed by atoms with van der Waals surface area (Å²) in [7, 11) is 1.87. The first kappa shape index (κ1) is 19.4. The van der Waals surface area contributed by atoms with Crippen LogP contribution < -0.4 is 16.0 Å². The smallest absolute Gasteiger partial charge is 0.191 e. The van der Waals surface area contributed by atoms with E-state index < -0.39 is 0 Å². The van der Waals surface area contributed by atoms with Crippen molar-refractivity contribution in [3.8, 4) is 0 Å². The summed E-state index contributed by atoms with van der Waals surface area (Å²) in [5, 5.41) is 15.2. The number of rotatable bonds is 6. The number of halogens is 1. The molecule has 2 aromatic heterocycles. The van der Waals surface area contributed by atoms with Gasteiger partial charge in [0.2, 0.25) is 0 Å². The molecule has 1 aliphatic rings. The van der Waals surface area contributed by atoms with E-state index in [2.05, 4.69) is 55.1 Å². The fourth-order valence-electron chi connectivity index (χ4n) is 2.69. The Morgan fingerprint density at radius 3 is 2.88 bits per heavy atom. The second-order valence-electron chi connectivity index (χ2n) is 5.70. The van der Waals surface area contributed by atoms with E-state index in [-0.39, 0.29) is 24.0 Å². The molecule has 3 rings (SSSR count). The second-order valence-corrected chi connectivity index (χ2v) is 5.70. The summed E-state index contributed by atoms with van der Waals surface area (Å²) in [5.41, 5.74) is 0.819. The summed E-state index contributed by atoms with van der Waals surface area (Å²) in [6.45, 7) is 4.27. The molecule has 3 N–H and O–H groups in total. The molecule has 0 aliphatic heterocycles. The van der Waals surface area contributed by atoms with Crippen molar-refractivity contribution in [2.24, 2.45) is 12.0 Å². The van der Waals surface area contributed by atoms with Gasteiger partial charge < -0.3 is 16.0 Å². The molecule has 0 aromatic carbocycles. The second kappa shape index (κ2) is 9.54. The average Bonchev–Trinajstić information content (AvgIpc) is 3.22. The highest BCUT2D eigenvalue weighted by Crippen LogP contribution is 2.17. The van der Waals surface area contributed by atoms with E-state index in [1.807, 2.05) is 7.05 Å². The Morgan fingerprint density at radius 1 is 1.32 bits per heavy atom. The van der Waals surface area contributed by atoms with E-state index >= 15 is 0 Å². The van der Waals surface area contributed by atoms with Crippen molar-refractivity contribution in [2.75, 3.05) is 25.0 Å². The molecular formula is C16H25IN8. The zero-order valence-corrected chi connectivity index (χ0v) is 16.9. The molecule has 0 unspecified atom stereocenters. The van der Waals surface area contributed by atoms with Gasteiger partial charge in [0.1, 0.15) is 12.1 Å². The van der Waals surface area contributed by atoms with Gasteiger partial charge in [-0.15, -0.1) is 24.0 Å². The molecule has 1 aliphatic carbocycles. The molecule has 0 radical (unpaired) electrons. The predicted octanol–water partition coefficient (Wildman–Crippen LogP) is 1.67. The van der Waals surface area contributed by atoms with Crippen molar-refractivity contribution in [1.29, 1.82) is 0 Å². The average molecular weight is 456 g/mol. The van der Waals surface area contributed by atoms with Gasteiger partial charge in [-0.2, -0.15) is 5.10 Å². The molecule has 0 atom stereocenters. The van der Waals surface area contributed by atoms with Crippen molar-refractivity contribution >= 4 is 46.8 Å². The van der Waals surface area contributed by atoms with E-state index in [0.29, 0.717) is 19.1 Å². The third-order valence-electron chi connectivity index (χ3n) is 3.90. The van der Waals surface area contributed by atoms with Gasteiger partial charge in [-0.1, -0.05) is 12.2 Å². The van der Waals surface area contributed by atoms with Gasteiger partial charge in [0.25, 0.3) is 0 Å². The van der Waals surface area contributed by atoms with E-state index in [0.717, 1.165) is 42.2 Å². The van der Waals surface area contributed by atoms with Crippen LogP contribution in [0.25, 0.3) is 11.0 Å². The Kier molecular flexibility index (Phi) is 7.41. The van der Waals surface area contributed by atoms with Crippen LogP contribution in [0.3, 0.4) is 0 Å². The van der Waals surface area contributed by atoms with Crippen LogP contribution in [0.15, 0.2) is 29.7 Å². The lowest BCUT2D eigenvalue weighted by Crippen LogP contribution is -2.42. The van der Waals surface area contributed by atoms with Gasteiger partial charge >= 0.3 is 0 Å². The van der Waals surface area contributed by atoms with Crippen LogP contribution in [-0.4, -0.2) is 51.4 Å². The molecule has 0 fully saturated rings. The highest BCUT2D eigenvalue weighted by molar-refractivity contribution is 14.0. The predicted molar refractivity (Wildman–Crippen MR) is 111 cm³/mol. The quantitative estimate of drug-likeness (QED) is 0.201. The molecule has 0 amide bonds. The van der Waals surface area contributed by atoms with Crippen LogP contribution in [0.1, 0.15) is 19.8 Å². The maximum atomic E-state index is 4.62. The molecule has 2 heterocycles. The van der Waals surface area contributed by atoms with Crippen molar-refractivity contribution in [2.45, 2.75) is 25.8 Å². The summed E-state index contributed by atoms with van der Waals surface area (Å²) in [6, 6.07) is 0.452. The van der Waals surface area contributed by atoms with Gasteiger partial charge in [0.05, 0.1) is 18.1 Å². The number of hydrogen-bond acceptors (Lipinski definition) is 5. The van der Waals surface area contributed by atoms with Crippen LogP contribution in [0.4, 0.5) is 5.82 Å². The third-order valence-corrected chi connectivity index (χ3v) is 3.90. The number of aryl methyl sites for hydroxylation is 1. The maximum absolute atomic E-state index is 4.62. The van der Waals surface area contributed by atoms with Crippen LogP contribution >= 0.6 is 24.0 Å². The largest absolute Gasteiger partial charge is 0.367 e. The molecule has 8 nitrogen and oxygen atoms in total. The number of aliphatic imine (C=N–C) groups is 1. The van der Waals surface area contributed by atoms with E-state index in [1.165, 1.54) is 0 Å². The molecule has 0 saturated heterocycles. The maximum Gasteiger partial charge on any atom is 0.191 e. The number of fused-ring (bicyclic) bond motifs is 1. The number of aromatic nitrogens is 4. The van der Waals surface area contributed by atoms with E-state index in [9.17, 15) is 0 Å². The van der Waals surface area contributed by atoms with E-state index in [4.69, 9.17) is 0 Å². The fraction of sp³-hybridized carbons (Fsp3) is 0.500. The van der Waals surface area contributed by atoms with Gasteiger partial charge in [0, 0.05) is 26.2 Å². The lowest BCUT2D eigenvalue weighted by Gasteiger charge is -2.16. The number of hydrogen-bond donors (Lipinski definition) is 3. The van der Waals surface area contributed by atoms with Crippen molar-refractivity contribution in [3.63, 3.8) is 0 Å². The van der Waals surface area contributed by atoms with E-state index in [1.54, 1.807) is 17.2 Å². The van der Waals surface area contributed by atoms with Crippen LogP contribution in [-0.2, 0) is 7.05 Å².